The number of hydrogen-bond acceptors (Lipinski definition) is 2. The SMILES string of the molecule is Nc1nc2cc(Cl)c(Cl)cc2n1CC1CCC1. The van der Waals surface area contributed by atoms with Crippen LogP contribution in [-0.2, 0) is 6.54 Å². The van der Waals surface area contributed by atoms with Gasteiger partial charge in [0.05, 0.1) is 21.1 Å². The molecule has 1 aromatic carbocycles. The van der Waals surface area contributed by atoms with Gasteiger partial charge in [-0.25, -0.2) is 4.98 Å². The van der Waals surface area contributed by atoms with Crippen LogP contribution in [-0.4, -0.2) is 9.55 Å². The number of nitrogens with zero attached hydrogens (tertiary/aromatic N) is 2. The smallest absolute Gasteiger partial charge is 0.201 e. The van der Waals surface area contributed by atoms with Crippen LogP contribution in [0.25, 0.3) is 11.0 Å². The van der Waals surface area contributed by atoms with Crippen molar-refractivity contribution in [1.82, 2.24) is 9.55 Å². The summed E-state index contributed by atoms with van der Waals surface area (Å²) in [4.78, 5) is 4.32. The van der Waals surface area contributed by atoms with Gasteiger partial charge in [0.25, 0.3) is 0 Å². The van der Waals surface area contributed by atoms with Crippen LogP contribution in [0.3, 0.4) is 0 Å². The lowest BCUT2D eigenvalue weighted by molar-refractivity contribution is 0.281. The fourth-order valence-electron chi connectivity index (χ4n) is 2.26. The van der Waals surface area contributed by atoms with Gasteiger partial charge >= 0.3 is 0 Å². The molecule has 5 heteroatoms. The van der Waals surface area contributed by atoms with E-state index in [9.17, 15) is 0 Å². The van der Waals surface area contributed by atoms with Crippen molar-refractivity contribution in [3.8, 4) is 0 Å². The first kappa shape index (κ1) is 11.2. The largest absolute Gasteiger partial charge is 0.369 e. The average Bonchev–Trinajstić information content (AvgIpc) is 2.49. The van der Waals surface area contributed by atoms with Gasteiger partial charge in [-0.1, -0.05) is 29.6 Å². The predicted molar refractivity (Wildman–Crippen MR) is 71.5 cm³/mol. The van der Waals surface area contributed by atoms with E-state index in [0.29, 0.717) is 16.0 Å². The van der Waals surface area contributed by atoms with Crippen molar-refractivity contribution in [2.75, 3.05) is 5.73 Å². The van der Waals surface area contributed by atoms with Crippen LogP contribution < -0.4 is 5.73 Å². The lowest BCUT2D eigenvalue weighted by atomic mass is 9.85. The minimum Gasteiger partial charge on any atom is -0.369 e. The zero-order valence-corrected chi connectivity index (χ0v) is 10.8. The summed E-state index contributed by atoms with van der Waals surface area (Å²) >= 11 is 12.0. The molecule has 1 fully saturated rings. The zero-order valence-electron chi connectivity index (χ0n) is 9.29. The Hall–Kier alpha value is -0.930. The standard InChI is InChI=1S/C12H13Cl2N3/c13-8-4-10-11(5-9(8)14)17(12(15)16-10)6-7-2-1-3-7/h4-5,7H,1-3,6H2,(H2,15,16). The predicted octanol–water partition coefficient (Wildman–Crippen LogP) is 3.73. The quantitative estimate of drug-likeness (QED) is 0.903. The summed E-state index contributed by atoms with van der Waals surface area (Å²) in [6.07, 6.45) is 3.88. The van der Waals surface area contributed by atoms with Crippen LogP contribution in [0, 0.1) is 5.92 Å². The Morgan fingerprint density at radius 1 is 1.29 bits per heavy atom. The van der Waals surface area contributed by atoms with Gasteiger partial charge < -0.3 is 10.3 Å². The number of fused-ring (bicyclic) bond motifs is 1. The molecule has 3 rings (SSSR count). The van der Waals surface area contributed by atoms with Gasteiger partial charge in [-0.3, -0.25) is 0 Å². The summed E-state index contributed by atoms with van der Waals surface area (Å²) in [5.41, 5.74) is 7.74. The fourth-order valence-corrected chi connectivity index (χ4v) is 2.58. The van der Waals surface area contributed by atoms with E-state index in [4.69, 9.17) is 28.9 Å². The summed E-state index contributed by atoms with van der Waals surface area (Å²) in [6.45, 7) is 0.931. The summed E-state index contributed by atoms with van der Waals surface area (Å²) < 4.78 is 2.04. The van der Waals surface area contributed by atoms with E-state index in [1.54, 1.807) is 6.07 Å². The first-order chi connectivity index (χ1) is 8.15. The maximum Gasteiger partial charge on any atom is 0.201 e. The number of anilines is 1. The highest BCUT2D eigenvalue weighted by atomic mass is 35.5. The molecule has 3 nitrogen and oxygen atoms in total. The number of nitrogens with two attached hydrogens (primary N) is 1. The van der Waals surface area contributed by atoms with Gasteiger partial charge in [0.2, 0.25) is 5.95 Å². The Kier molecular flexibility index (Phi) is 2.68. The van der Waals surface area contributed by atoms with Crippen molar-refractivity contribution in [2.24, 2.45) is 5.92 Å². The molecule has 0 amide bonds. The van der Waals surface area contributed by atoms with Gasteiger partial charge in [-0.15, -0.1) is 0 Å². The Morgan fingerprint density at radius 2 is 2.00 bits per heavy atom. The Balaban J connectivity index is 2.08. The van der Waals surface area contributed by atoms with Crippen LogP contribution in [0.1, 0.15) is 19.3 Å². The van der Waals surface area contributed by atoms with Crippen LogP contribution in [0.4, 0.5) is 5.95 Å². The van der Waals surface area contributed by atoms with E-state index in [2.05, 4.69) is 4.98 Å². The molecule has 0 saturated heterocycles. The van der Waals surface area contributed by atoms with Crippen molar-refractivity contribution in [1.29, 1.82) is 0 Å². The molecular formula is C12H13Cl2N3. The average molecular weight is 270 g/mol. The Bertz CT molecular complexity index is 573. The highest BCUT2D eigenvalue weighted by Crippen LogP contribution is 2.33. The van der Waals surface area contributed by atoms with E-state index < -0.39 is 0 Å². The van der Waals surface area contributed by atoms with Crippen molar-refractivity contribution in [3.63, 3.8) is 0 Å². The topological polar surface area (TPSA) is 43.8 Å². The van der Waals surface area contributed by atoms with Gasteiger partial charge in [-0.2, -0.15) is 0 Å². The molecule has 0 radical (unpaired) electrons. The summed E-state index contributed by atoms with van der Waals surface area (Å²) in [5.74, 6) is 1.27. The maximum atomic E-state index is 6.04. The maximum absolute atomic E-state index is 6.04. The monoisotopic (exact) mass is 269 g/mol. The van der Waals surface area contributed by atoms with Crippen molar-refractivity contribution in [3.05, 3.63) is 22.2 Å². The van der Waals surface area contributed by atoms with E-state index in [0.717, 1.165) is 23.5 Å². The van der Waals surface area contributed by atoms with Crippen molar-refractivity contribution >= 4 is 40.2 Å². The normalized spacial score (nSPS) is 16.4. The van der Waals surface area contributed by atoms with Crippen LogP contribution in [0.15, 0.2) is 12.1 Å². The summed E-state index contributed by atoms with van der Waals surface area (Å²) in [5, 5.41) is 1.07. The minimum atomic E-state index is 0.521. The first-order valence-corrected chi connectivity index (χ1v) is 6.51. The molecule has 1 aliphatic carbocycles. The number of aromatic nitrogens is 2. The molecule has 1 aliphatic rings. The van der Waals surface area contributed by atoms with E-state index in [1.165, 1.54) is 19.3 Å². The number of imidazole rings is 1. The zero-order chi connectivity index (χ0) is 12.0. The molecule has 0 aliphatic heterocycles. The van der Waals surface area contributed by atoms with E-state index >= 15 is 0 Å². The minimum absolute atomic E-state index is 0.521. The number of rotatable bonds is 2. The van der Waals surface area contributed by atoms with E-state index in [-0.39, 0.29) is 0 Å². The third kappa shape index (κ3) is 1.87. The molecule has 1 heterocycles. The molecule has 2 aromatic rings. The number of nitrogen functional groups attached to an aromatic ring is 1. The summed E-state index contributed by atoms with van der Waals surface area (Å²) in [7, 11) is 0. The van der Waals surface area contributed by atoms with Gasteiger partial charge in [0, 0.05) is 6.54 Å². The van der Waals surface area contributed by atoms with Gasteiger partial charge in [0.15, 0.2) is 0 Å². The summed E-state index contributed by atoms with van der Waals surface area (Å²) in [6, 6.07) is 3.62. The second-order valence-corrected chi connectivity index (χ2v) is 5.45. The second kappa shape index (κ2) is 4.07. The molecule has 1 aromatic heterocycles. The molecule has 1 saturated carbocycles. The molecule has 2 N–H and O–H groups in total. The third-order valence-corrected chi connectivity index (χ3v) is 4.21. The fraction of sp³-hybridized carbons (Fsp3) is 0.417. The number of benzene rings is 1. The molecule has 0 atom stereocenters. The van der Waals surface area contributed by atoms with Crippen LogP contribution in [0.5, 0.6) is 0 Å². The molecule has 90 valence electrons. The highest BCUT2D eigenvalue weighted by Gasteiger charge is 2.20. The lowest BCUT2D eigenvalue weighted by Gasteiger charge is -2.26. The molecule has 0 bridgehead atoms. The Morgan fingerprint density at radius 3 is 2.65 bits per heavy atom. The molecule has 0 spiro atoms. The molecule has 17 heavy (non-hydrogen) atoms. The Labute approximate surface area is 110 Å². The van der Waals surface area contributed by atoms with Crippen LogP contribution in [0.2, 0.25) is 10.0 Å². The number of hydrogen-bond donors (Lipinski definition) is 1. The molecular weight excluding hydrogens is 257 g/mol. The number of halogens is 2. The van der Waals surface area contributed by atoms with Gasteiger partial charge in [-0.05, 0) is 30.9 Å². The van der Waals surface area contributed by atoms with E-state index in [1.807, 2.05) is 10.6 Å². The first-order valence-electron chi connectivity index (χ1n) is 5.76. The third-order valence-electron chi connectivity index (χ3n) is 3.49. The van der Waals surface area contributed by atoms with Crippen molar-refractivity contribution in [2.45, 2.75) is 25.8 Å². The lowest BCUT2D eigenvalue weighted by Crippen LogP contribution is -2.19. The van der Waals surface area contributed by atoms with Gasteiger partial charge in [0.1, 0.15) is 0 Å². The second-order valence-electron chi connectivity index (χ2n) is 4.63. The molecule has 0 unspecified atom stereocenters. The highest BCUT2D eigenvalue weighted by molar-refractivity contribution is 6.42. The van der Waals surface area contributed by atoms with Crippen LogP contribution >= 0.6 is 23.2 Å². The van der Waals surface area contributed by atoms with Crippen molar-refractivity contribution < 1.29 is 0 Å².